The fraction of sp³-hybridized carbons (Fsp3) is 0.222. The van der Waals surface area contributed by atoms with Crippen LogP contribution in [-0.2, 0) is 28.9 Å². The van der Waals surface area contributed by atoms with Crippen molar-refractivity contribution in [2.45, 2.75) is 40.7 Å². The Hall–Kier alpha value is -5.43. The van der Waals surface area contributed by atoms with Crippen LogP contribution in [-0.4, -0.2) is 87.7 Å². The lowest BCUT2D eigenvalue weighted by Crippen LogP contribution is -2.21. The highest BCUT2D eigenvalue weighted by atomic mass is 32.2. The molecule has 0 aliphatic heterocycles. The van der Waals surface area contributed by atoms with Crippen LogP contribution in [0, 0.1) is 13.8 Å². The van der Waals surface area contributed by atoms with Gasteiger partial charge in [-0.1, -0.05) is 16.1 Å². The molecule has 23 nitrogen and oxygen atoms in total. The number of azo groups is 3. The van der Waals surface area contributed by atoms with Crippen LogP contribution < -0.4 is 15.2 Å². The summed E-state index contributed by atoms with van der Waals surface area (Å²) in [7, 11) is -4.75. The molecule has 0 spiro atoms. The highest BCUT2D eigenvalue weighted by Gasteiger charge is 2.21. The van der Waals surface area contributed by atoms with E-state index in [1.165, 1.54) is 24.3 Å². The fourth-order valence-electron chi connectivity index (χ4n) is 5.21. The van der Waals surface area contributed by atoms with E-state index in [4.69, 9.17) is 25.7 Å². The lowest BCUT2D eigenvalue weighted by molar-refractivity contribution is -0.432. The normalized spacial score (nSPS) is 13.2. The summed E-state index contributed by atoms with van der Waals surface area (Å²) in [6.07, 6.45) is -2.54. The van der Waals surface area contributed by atoms with Crippen LogP contribution in [0.15, 0.2) is 112 Å². The topological polar surface area (TPSA) is 352 Å². The van der Waals surface area contributed by atoms with Gasteiger partial charge in [0.05, 0.1) is 64.9 Å². The molecular formula is C36H37N7O16S3. The molecular weight excluding hydrogens is 883 g/mol. The van der Waals surface area contributed by atoms with Crippen LogP contribution in [0.25, 0.3) is 10.8 Å². The number of phenols is 1. The zero-order chi connectivity index (χ0) is 45.0. The Morgan fingerprint density at radius 3 is 1.82 bits per heavy atom. The Morgan fingerprint density at radius 1 is 0.710 bits per heavy atom. The molecule has 0 amide bonds. The molecule has 0 aliphatic carbocycles. The summed E-state index contributed by atoms with van der Waals surface area (Å²) in [4.78, 5) is -0.133. The second kappa shape index (κ2) is 22.1. The third-order valence-electron chi connectivity index (χ3n) is 8.23. The molecule has 0 aromatic heterocycles. The molecule has 62 heavy (non-hydrogen) atoms. The number of fused-ring (bicyclic) bond motifs is 1. The van der Waals surface area contributed by atoms with E-state index in [0.717, 1.165) is 24.2 Å². The number of benzene rings is 5. The molecule has 330 valence electrons. The quantitative estimate of drug-likeness (QED) is 0.00855. The monoisotopic (exact) mass is 919 g/mol. The fourth-order valence-corrected chi connectivity index (χ4v) is 6.75. The summed E-state index contributed by atoms with van der Waals surface area (Å²) in [6.45, 7) is 1.43. The second-order valence-electron chi connectivity index (χ2n) is 12.7. The third-order valence-corrected chi connectivity index (χ3v) is 10.3. The molecule has 2 unspecified atom stereocenters. The first kappa shape index (κ1) is 47.6. The van der Waals surface area contributed by atoms with Gasteiger partial charge in [-0.3, -0.25) is 4.55 Å². The number of nitrogen functional groups attached to an aromatic ring is 1. The molecule has 0 heterocycles. The van der Waals surface area contributed by atoms with Crippen molar-refractivity contribution in [3.05, 3.63) is 77.9 Å². The number of phenolic OH excluding ortho intramolecular Hbond substituents is 1. The highest BCUT2D eigenvalue weighted by molar-refractivity contribution is 7.95. The van der Waals surface area contributed by atoms with Crippen molar-refractivity contribution in [2.24, 2.45) is 30.7 Å². The molecule has 0 bridgehead atoms. The first-order chi connectivity index (χ1) is 29.6. The van der Waals surface area contributed by atoms with Crippen molar-refractivity contribution < 1.29 is 77.2 Å². The van der Waals surface area contributed by atoms with Gasteiger partial charge in [0, 0.05) is 22.4 Å². The molecule has 0 saturated heterocycles. The average Bonchev–Trinajstić information content (AvgIpc) is 3.25. The molecule has 0 radical (unpaired) electrons. The van der Waals surface area contributed by atoms with E-state index in [-0.39, 0.29) is 62.2 Å². The van der Waals surface area contributed by atoms with Gasteiger partial charge in [0.1, 0.15) is 58.9 Å². The van der Waals surface area contributed by atoms with Gasteiger partial charge in [-0.15, -0.1) is 24.0 Å². The van der Waals surface area contributed by atoms with E-state index in [1.54, 1.807) is 44.2 Å². The van der Waals surface area contributed by atoms with Crippen molar-refractivity contribution in [3.63, 3.8) is 0 Å². The maximum Gasteiger partial charge on any atom is 0.296 e. The largest absolute Gasteiger partial charge is 0.505 e. The predicted octanol–water partition coefficient (Wildman–Crippen LogP) is 7.56. The van der Waals surface area contributed by atoms with E-state index in [0.29, 0.717) is 39.4 Å². The molecule has 10 N–H and O–H groups in total. The van der Waals surface area contributed by atoms with E-state index >= 15 is 0 Å². The van der Waals surface area contributed by atoms with Crippen molar-refractivity contribution in [3.8, 4) is 17.2 Å². The van der Waals surface area contributed by atoms with Crippen molar-refractivity contribution in [2.75, 3.05) is 32.2 Å². The van der Waals surface area contributed by atoms with Crippen molar-refractivity contribution >= 4 is 84.8 Å². The molecule has 0 saturated carbocycles. The number of rotatable bonds is 21. The number of ether oxygens (including phenoxy) is 2. The van der Waals surface area contributed by atoms with Gasteiger partial charge in [-0.2, -0.15) is 23.8 Å². The second-order valence-corrected chi connectivity index (χ2v) is 15.6. The molecule has 5 rings (SSSR count). The molecule has 26 heteroatoms. The standard InChI is InChI=1S/C36H37N7O16S3/c1-18-6-29(31(54-16-22(46)14-44)12-27(18)39-38-21-4-3-5-24(10-21)60-58-56-49)41-40-28-13-32(55-17-23(47)15-45)30(7-19(28)2)42-43-35-33(61-59-57-50)8-20-9-34(62(51,52)53)26(37)11-25(20)36(35)48/h3-13,22-23,44-50H,14-17,37H2,1-2H3,(H,51,52,53). The Kier molecular flexibility index (Phi) is 17.0. The van der Waals surface area contributed by atoms with Crippen LogP contribution in [0.3, 0.4) is 0 Å². The number of nitrogens with two attached hydrogens (primary N) is 1. The number of aliphatic hydroxyl groups excluding tert-OH is 4. The Balaban J connectivity index is 1.54. The number of aliphatic hydroxyl groups is 4. The van der Waals surface area contributed by atoms with Gasteiger partial charge in [0.2, 0.25) is 0 Å². The minimum absolute atomic E-state index is 0.00104. The number of aryl methyl sites for hydroxylation is 2. The molecule has 0 aliphatic rings. The highest BCUT2D eigenvalue weighted by Crippen LogP contribution is 2.46. The minimum atomic E-state index is -4.75. The minimum Gasteiger partial charge on any atom is -0.505 e. The van der Waals surface area contributed by atoms with Crippen LogP contribution >= 0.6 is 24.1 Å². The van der Waals surface area contributed by atoms with E-state index in [1.807, 2.05) is 0 Å². The number of anilines is 1. The maximum absolute atomic E-state index is 11.9. The summed E-state index contributed by atoms with van der Waals surface area (Å²) in [5, 5.41) is 101. The first-order valence-electron chi connectivity index (χ1n) is 17.5. The lowest BCUT2D eigenvalue weighted by Gasteiger charge is -2.14. The van der Waals surface area contributed by atoms with Gasteiger partial charge in [0.15, 0.2) is 5.75 Å². The van der Waals surface area contributed by atoms with E-state index in [2.05, 4.69) is 49.4 Å². The van der Waals surface area contributed by atoms with E-state index < -0.39 is 52.8 Å². The molecule has 0 fully saturated rings. The zero-order valence-electron chi connectivity index (χ0n) is 32.2. The maximum atomic E-state index is 11.9. The number of hydrogen-bond acceptors (Lipinski definition) is 24. The third kappa shape index (κ3) is 12.6. The summed E-state index contributed by atoms with van der Waals surface area (Å²) in [5.74, 6) is -0.482. The SMILES string of the molecule is Cc1cc(N=Nc2cc(OCC(O)CO)c(N=Nc3c(SOOO)cc4cc(S(=O)(=O)O)c(N)cc4c3O)cc2C)c(OCC(O)CO)cc1N=Nc1cccc(SOOO)c1. The van der Waals surface area contributed by atoms with Crippen LogP contribution in [0.2, 0.25) is 0 Å². The number of hydrogen-bond donors (Lipinski definition) is 9. The smallest absolute Gasteiger partial charge is 0.296 e. The van der Waals surface area contributed by atoms with Crippen LogP contribution in [0.1, 0.15) is 11.1 Å². The first-order valence-corrected chi connectivity index (χ1v) is 20.4. The van der Waals surface area contributed by atoms with Crippen LogP contribution in [0.4, 0.5) is 39.8 Å². The molecule has 2 atom stereocenters. The number of nitrogens with zero attached hydrogens (tertiary/aromatic N) is 6. The Labute approximate surface area is 359 Å². The van der Waals surface area contributed by atoms with Gasteiger partial charge in [-0.25, -0.2) is 10.5 Å². The lowest BCUT2D eigenvalue weighted by atomic mass is 10.1. The Bertz CT molecular complexity index is 2580. The molecule has 5 aromatic carbocycles. The number of aromatic hydroxyl groups is 1. The van der Waals surface area contributed by atoms with Gasteiger partial charge >= 0.3 is 0 Å². The van der Waals surface area contributed by atoms with Gasteiger partial charge < -0.3 is 40.7 Å². The average molecular weight is 920 g/mol. The van der Waals surface area contributed by atoms with Gasteiger partial charge in [0.25, 0.3) is 10.1 Å². The predicted molar refractivity (Wildman–Crippen MR) is 220 cm³/mol. The Morgan fingerprint density at radius 2 is 1.26 bits per heavy atom. The van der Waals surface area contributed by atoms with Crippen molar-refractivity contribution in [1.82, 2.24) is 0 Å². The molecule has 5 aromatic rings. The van der Waals surface area contributed by atoms with Crippen molar-refractivity contribution in [1.29, 1.82) is 0 Å². The van der Waals surface area contributed by atoms with E-state index in [9.17, 15) is 38.5 Å². The summed E-state index contributed by atoms with van der Waals surface area (Å²) in [6, 6.07) is 16.0. The summed E-state index contributed by atoms with van der Waals surface area (Å²) >= 11 is 1.11. The van der Waals surface area contributed by atoms with Gasteiger partial charge in [-0.05, 0) is 78.9 Å². The van der Waals surface area contributed by atoms with Crippen LogP contribution in [0.5, 0.6) is 17.2 Å². The summed E-state index contributed by atoms with van der Waals surface area (Å²) in [5.41, 5.74) is 7.45. The summed E-state index contributed by atoms with van der Waals surface area (Å²) < 4.78 is 53.9. The zero-order valence-corrected chi connectivity index (χ0v) is 34.6.